The number of ether oxygens (including phenoxy) is 1. The van der Waals surface area contributed by atoms with E-state index >= 15 is 0 Å². The molecule has 1 heterocycles. The van der Waals surface area contributed by atoms with Crippen LogP contribution in [0.2, 0.25) is 0 Å². The van der Waals surface area contributed by atoms with Crippen LogP contribution in [0.3, 0.4) is 0 Å². The predicted molar refractivity (Wildman–Crippen MR) is 81.5 cm³/mol. The van der Waals surface area contributed by atoms with Crippen molar-refractivity contribution in [1.82, 2.24) is 9.78 Å². The molecule has 0 fully saturated rings. The number of nitrogens with zero attached hydrogens (tertiary/aromatic N) is 3. The Hall–Kier alpha value is -2.34. The molecule has 2 rings (SSSR count). The third-order valence-electron chi connectivity index (χ3n) is 3.25. The van der Waals surface area contributed by atoms with Crippen LogP contribution in [-0.4, -0.2) is 35.9 Å². The second-order valence-corrected chi connectivity index (χ2v) is 4.61. The molecule has 21 heavy (non-hydrogen) atoms. The van der Waals surface area contributed by atoms with Gasteiger partial charge in [-0.2, -0.15) is 5.10 Å². The van der Waals surface area contributed by atoms with Crippen molar-refractivity contribution in [2.24, 2.45) is 12.8 Å². The van der Waals surface area contributed by atoms with Gasteiger partial charge in [-0.25, -0.2) is 0 Å². The molecule has 0 bridgehead atoms. The minimum absolute atomic E-state index is 0.118. The lowest BCUT2D eigenvalue weighted by atomic mass is 10.2. The summed E-state index contributed by atoms with van der Waals surface area (Å²) in [5.74, 6) is 0.540. The van der Waals surface area contributed by atoms with Gasteiger partial charge >= 0.3 is 0 Å². The summed E-state index contributed by atoms with van der Waals surface area (Å²) in [6.07, 6.45) is 2.32. The van der Waals surface area contributed by atoms with Gasteiger partial charge in [0.05, 0.1) is 12.8 Å². The number of hydrogen-bond donors (Lipinski definition) is 1. The van der Waals surface area contributed by atoms with Crippen LogP contribution in [0, 0.1) is 0 Å². The zero-order valence-corrected chi connectivity index (χ0v) is 12.3. The molecule has 1 aromatic heterocycles. The van der Waals surface area contributed by atoms with E-state index in [2.05, 4.69) is 5.10 Å². The molecule has 0 atom stereocenters. The van der Waals surface area contributed by atoms with E-state index in [1.165, 1.54) is 0 Å². The van der Waals surface area contributed by atoms with Crippen molar-refractivity contribution in [2.75, 3.05) is 25.1 Å². The molecule has 0 saturated carbocycles. The number of benzene rings is 1. The number of anilines is 1. The Balaban J connectivity index is 2.38. The highest BCUT2D eigenvalue weighted by Gasteiger charge is 2.22. The maximum Gasteiger partial charge on any atom is 0.276 e. The van der Waals surface area contributed by atoms with Crippen LogP contribution in [0.5, 0.6) is 5.75 Å². The van der Waals surface area contributed by atoms with E-state index in [1.54, 1.807) is 36.0 Å². The lowest BCUT2D eigenvalue weighted by Crippen LogP contribution is -2.34. The number of rotatable bonds is 6. The van der Waals surface area contributed by atoms with Gasteiger partial charge in [-0.05, 0) is 31.2 Å². The maximum atomic E-state index is 12.8. The lowest BCUT2D eigenvalue weighted by molar-refractivity contribution is 0.0977. The lowest BCUT2D eigenvalue weighted by Gasteiger charge is -2.24. The molecule has 6 heteroatoms. The average molecular weight is 288 g/mol. The molecular formula is C15H20N4O2. The van der Waals surface area contributed by atoms with Crippen molar-refractivity contribution in [2.45, 2.75) is 6.42 Å². The SMILES string of the molecule is COc1ccccc1N(CCCN)C(=O)c1ccnn1C. The minimum Gasteiger partial charge on any atom is -0.495 e. The first-order chi connectivity index (χ1) is 10.2. The van der Waals surface area contributed by atoms with E-state index in [1.807, 2.05) is 24.3 Å². The van der Waals surface area contributed by atoms with E-state index in [9.17, 15) is 4.79 Å². The number of aryl methyl sites for hydroxylation is 1. The third kappa shape index (κ3) is 3.22. The Kier molecular flexibility index (Phi) is 4.94. The minimum atomic E-state index is -0.118. The maximum absolute atomic E-state index is 12.8. The van der Waals surface area contributed by atoms with Crippen LogP contribution in [-0.2, 0) is 7.05 Å². The molecule has 0 saturated heterocycles. The van der Waals surface area contributed by atoms with Crippen LogP contribution >= 0.6 is 0 Å². The second kappa shape index (κ2) is 6.90. The normalized spacial score (nSPS) is 10.4. The average Bonchev–Trinajstić information content (AvgIpc) is 2.94. The molecule has 0 spiro atoms. The van der Waals surface area contributed by atoms with Gasteiger partial charge in [0.25, 0.3) is 5.91 Å². The van der Waals surface area contributed by atoms with E-state index in [0.717, 1.165) is 5.69 Å². The first kappa shape index (κ1) is 15.1. The van der Waals surface area contributed by atoms with E-state index in [0.29, 0.717) is 31.0 Å². The Morgan fingerprint density at radius 2 is 2.14 bits per heavy atom. The van der Waals surface area contributed by atoms with Crippen LogP contribution in [0.1, 0.15) is 16.9 Å². The van der Waals surface area contributed by atoms with Crippen molar-refractivity contribution < 1.29 is 9.53 Å². The number of nitrogens with two attached hydrogens (primary N) is 1. The fourth-order valence-electron chi connectivity index (χ4n) is 2.16. The smallest absolute Gasteiger partial charge is 0.276 e. The third-order valence-corrected chi connectivity index (χ3v) is 3.25. The van der Waals surface area contributed by atoms with Gasteiger partial charge in [0, 0.05) is 19.8 Å². The summed E-state index contributed by atoms with van der Waals surface area (Å²) >= 11 is 0. The van der Waals surface area contributed by atoms with Crippen molar-refractivity contribution in [3.8, 4) is 5.75 Å². The molecule has 6 nitrogen and oxygen atoms in total. The summed E-state index contributed by atoms with van der Waals surface area (Å²) in [5, 5.41) is 4.05. The molecule has 2 aromatic rings. The van der Waals surface area contributed by atoms with E-state index in [4.69, 9.17) is 10.5 Å². The summed E-state index contributed by atoms with van der Waals surface area (Å²) in [5.41, 5.74) is 6.85. The Labute approximate surface area is 124 Å². The van der Waals surface area contributed by atoms with Crippen LogP contribution < -0.4 is 15.4 Å². The van der Waals surface area contributed by atoms with Gasteiger partial charge in [-0.1, -0.05) is 12.1 Å². The molecule has 0 radical (unpaired) electrons. The van der Waals surface area contributed by atoms with Gasteiger partial charge in [0.1, 0.15) is 11.4 Å². The molecule has 1 aromatic carbocycles. The van der Waals surface area contributed by atoms with Gasteiger partial charge in [-0.3, -0.25) is 9.48 Å². The fourth-order valence-corrected chi connectivity index (χ4v) is 2.16. The van der Waals surface area contributed by atoms with Crippen molar-refractivity contribution in [3.63, 3.8) is 0 Å². The number of hydrogen-bond acceptors (Lipinski definition) is 4. The molecule has 1 amide bonds. The molecule has 0 aliphatic heterocycles. The largest absolute Gasteiger partial charge is 0.495 e. The zero-order valence-electron chi connectivity index (χ0n) is 12.3. The van der Waals surface area contributed by atoms with Gasteiger partial charge in [-0.15, -0.1) is 0 Å². The van der Waals surface area contributed by atoms with Crippen molar-refractivity contribution in [3.05, 3.63) is 42.2 Å². The quantitative estimate of drug-likeness (QED) is 0.872. The molecule has 0 aliphatic rings. The monoisotopic (exact) mass is 288 g/mol. The predicted octanol–water partition coefficient (Wildman–Crippen LogP) is 1.42. The van der Waals surface area contributed by atoms with E-state index < -0.39 is 0 Å². The first-order valence-electron chi connectivity index (χ1n) is 6.82. The Morgan fingerprint density at radius 1 is 1.38 bits per heavy atom. The molecule has 112 valence electrons. The summed E-state index contributed by atoms with van der Waals surface area (Å²) in [6, 6.07) is 9.15. The number of amides is 1. The number of aromatic nitrogens is 2. The number of carbonyl (C=O) groups is 1. The van der Waals surface area contributed by atoms with Gasteiger partial charge in [0.2, 0.25) is 0 Å². The highest BCUT2D eigenvalue weighted by Crippen LogP contribution is 2.28. The molecule has 0 unspecified atom stereocenters. The van der Waals surface area contributed by atoms with Crippen molar-refractivity contribution >= 4 is 11.6 Å². The summed E-state index contributed by atoms with van der Waals surface area (Å²) < 4.78 is 6.92. The highest BCUT2D eigenvalue weighted by atomic mass is 16.5. The van der Waals surface area contributed by atoms with Crippen LogP contribution in [0.15, 0.2) is 36.5 Å². The highest BCUT2D eigenvalue weighted by molar-refractivity contribution is 6.05. The van der Waals surface area contributed by atoms with E-state index in [-0.39, 0.29) is 5.91 Å². The number of para-hydroxylation sites is 2. The Bertz CT molecular complexity index is 609. The summed E-state index contributed by atoms with van der Waals surface area (Å²) in [7, 11) is 3.34. The fraction of sp³-hybridized carbons (Fsp3) is 0.333. The summed E-state index contributed by atoms with van der Waals surface area (Å²) in [4.78, 5) is 14.5. The number of methoxy groups -OCH3 is 1. The Morgan fingerprint density at radius 3 is 2.76 bits per heavy atom. The standard InChI is InChI=1S/C15H20N4O2/c1-18-13(8-10-17-18)15(20)19(11-5-9-16)12-6-3-4-7-14(12)21-2/h3-4,6-8,10H,5,9,11,16H2,1-2H3. The number of carbonyl (C=O) groups excluding carboxylic acids is 1. The van der Waals surface area contributed by atoms with Gasteiger partial charge < -0.3 is 15.4 Å². The van der Waals surface area contributed by atoms with Gasteiger partial charge in [0.15, 0.2) is 0 Å². The van der Waals surface area contributed by atoms with Crippen molar-refractivity contribution in [1.29, 1.82) is 0 Å². The molecule has 2 N–H and O–H groups in total. The first-order valence-corrected chi connectivity index (χ1v) is 6.82. The van der Waals surface area contributed by atoms with Crippen LogP contribution in [0.4, 0.5) is 5.69 Å². The molecular weight excluding hydrogens is 268 g/mol. The topological polar surface area (TPSA) is 73.4 Å². The van der Waals surface area contributed by atoms with Crippen LogP contribution in [0.25, 0.3) is 0 Å². The molecule has 0 aliphatic carbocycles. The second-order valence-electron chi connectivity index (χ2n) is 4.61. The summed E-state index contributed by atoms with van der Waals surface area (Å²) in [6.45, 7) is 1.05. The zero-order chi connectivity index (χ0) is 15.2.